The molecule has 2 rings (SSSR count). The summed E-state index contributed by atoms with van der Waals surface area (Å²) in [6, 6.07) is 2.24. The Labute approximate surface area is 118 Å². The van der Waals surface area contributed by atoms with Crippen molar-refractivity contribution in [2.24, 2.45) is 5.73 Å². The highest BCUT2D eigenvalue weighted by Gasteiger charge is 2.13. The molecule has 0 aliphatic carbocycles. The molecule has 0 aliphatic heterocycles. The second kappa shape index (κ2) is 5.58. The predicted octanol–water partition coefficient (Wildman–Crippen LogP) is 2.98. The number of anilines is 1. The smallest absolute Gasteiger partial charge is 0.150 e. The van der Waals surface area contributed by atoms with E-state index in [-0.39, 0.29) is 16.2 Å². The first-order chi connectivity index (χ1) is 8.99. The average molecular weight is 299 g/mol. The number of aryl methyl sites for hydroxylation is 1. The van der Waals surface area contributed by atoms with Gasteiger partial charge in [-0.2, -0.15) is 0 Å². The van der Waals surface area contributed by atoms with Gasteiger partial charge in [0.15, 0.2) is 0 Å². The minimum atomic E-state index is -0.718. The zero-order valence-corrected chi connectivity index (χ0v) is 11.7. The Morgan fingerprint density at radius 2 is 2.05 bits per heavy atom. The maximum absolute atomic E-state index is 13.8. The summed E-state index contributed by atoms with van der Waals surface area (Å²) in [4.78, 5) is 4.96. The van der Waals surface area contributed by atoms with E-state index in [1.54, 1.807) is 5.51 Å². The van der Waals surface area contributed by atoms with Crippen molar-refractivity contribution in [1.82, 2.24) is 4.98 Å². The lowest BCUT2D eigenvalue weighted by Crippen LogP contribution is -2.12. The van der Waals surface area contributed by atoms with E-state index in [2.05, 4.69) is 22.5 Å². The van der Waals surface area contributed by atoms with Crippen LogP contribution >= 0.6 is 23.6 Å². The molecule has 2 aromatic rings. The summed E-state index contributed by atoms with van der Waals surface area (Å²) in [7, 11) is 0. The van der Waals surface area contributed by atoms with Crippen molar-refractivity contribution in [2.45, 2.75) is 13.5 Å². The zero-order chi connectivity index (χ0) is 14.0. The topological polar surface area (TPSA) is 50.9 Å². The quantitative estimate of drug-likeness (QED) is 0.852. The molecule has 19 heavy (non-hydrogen) atoms. The standard InChI is InChI=1S/C12H11F2N3S2/c1-6-10(19-5-17-6)4-16-11-8(13)2-7(12(15)18)3-9(11)14/h2-3,5,16H,4H2,1H3,(H2,15,18). The van der Waals surface area contributed by atoms with Crippen molar-refractivity contribution in [1.29, 1.82) is 0 Å². The number of benzene rings is 1. The molecule has 0 amide bonds. The highest BCUT2D eigenvalue weighted by atomic mass is 32.1. The minimum Gasteiger partial charge on any atom is -0.389 e. The molecule has 0 atom stereocenters. The summed E-state index contributed by atoms with van der Waals surface area (Å²) in [5.74, 6) is -1.44. The first kappa shape index (κ1) is 13.8. The van der Waals surface area contributed by atoms with Crippen LogP contribution in [0.5, 0.6) is 0 Å². The van der Waals surface area contributed by atoms with E-state index in [0.29, 0.717) is 6.54 Å². The van der Waals surface area contributed by atoms with Crippen LogP contribution in [-0.2, 0) is 6.54 Å². The molecule has 0 saturated carbocycles. The fraction of sp³-hybridized carbons (Fsp3) is 0.167. The molecular formula is C12H11F2N3S2. The molecule has 3 N–H and O–H groups in total. The van der Waals surface area contributed by atoms with Crippen LogP contribution < -0.4 is 11.1 Å². The molecule has 0 spiro atoms. The highest BCUT2D eigenvalue weighted by molar-refractivity contribution is 7.80. The Hall–Kier alpha value is -1.60. The summed E-state index contributed by atoms with van der Waals surface area (Å²) in [6.07, 6.45) is 0. The zero-order valence-electron chi connectivity index (χ0n) is 10.0. The number of nitrogens with one attached hydrogen (secondary N) is 1. The molecule has 1 aromatic heterocycles. The number of aromatic nitrogens is 1. The second-order valence-electron chi connectivity index (χ2n) is 3.89. The van der Waals surface area contributed by atoms with Gasteiger partial charge in [-0.3, -0.25) is 0 Å². The molecule has 0 fully saturated rings. The second-order valence-corrected chi connectivity index (χ2v) is 5.27. The molecule has 100 valence electrons. The molecule has 1 heterocycles. The summed E-state index contributed by atoms with van der Waals surface area (Å²) in [5.41, 5.74) is 7.86. The van der Waals surface area contributed by atoms with Crippen molar-refractivity contribution in [3.8, 4) is 0 Å². The third-order valence-corrected chi connectivity index (χ3v) is 3.77. The van der Waals surface area contributed by atoms with Gasteiger partial charge in [0, 0.05) is 10.4 Å². The Balaban J connectivity index is 2.21. The van der Waals surface area contributed by atoms with Gasteiger partial charge in [-0.15, -0.1) is 11.3 Å². The van der Waals surface area contributed by atoms with Gasteiger partial charge < -0.3 is 11.1 Å². The third-order valence-electron chi connectivity index (χ3n) is 2.60. The molecule has 0 bridgehead atoms. The van der Waals surface area contributed by atoms with Crippen LogP contribution in [0, 0.1) is 18.6 Å². The maximum atomic E-state index is 13.8. The van der Waals surface area contributed by atoms with E-state index in [1.807, 2.05) is 6.92 Å². The SMILES string of the molecule is Cc1ncsc1CNc1c(F)cc(C(N)=S)cc1F. The number of rotatable bonds is 4. The fourth-order valence-electron chi connectivity index (χ4n) is 1.55. The summed E-state index contributed by atoms with van der Waals surface area (Å²) in [5, 5.41) is 2.73. The van der Waals surface area contributed by atoms with Crippen LogP contribution in [0.15, 0.2) is 17.6 Å². The predicted molar refractivity (Wildman–Crippen MR) is 76.4 cm³/mol. The average Bonchev–Trinajstić information content (AvgIpc) is 2.73. The van der Waals surface area contributed by atoms with Crippen molar-refractivity contribution in [3.63, 3.8) is 0 Å². The molecule has 0 saturated heterocycles. The molecule has 1 aromatic carbocycles. The lowest BCUT2D eigenvalue weighted by Gasteiger charge is -2.09. The van der Waals surface area contributed by atoms with Gasteiger partial charge in [-0.05, 0) is 19.1 Å². The van der Waals surface area contributed by atoms with Gasteiger partial charge in [0.05, 0.1) is 17.7 Å². The number of hydrogen-bond donors (Lipinski definition) is 2. The van der Waals surface area contributed by atoms with E-state index in [4.69, 9.17) is 5.73 Å². The van der Waals surface area contributed by atoms with Gasteiger partial charge in [-0.25, -0.2) is 13.8 Å². The maximum Gasteiger partial charge on any atom is 0.150 e. The largest absolute Gasteiger partial charge is 0.389 e. The lowest BCUT2D eigenvalue weighted by molar-refractivity contribution is 0.587. The first-order valence-electron chi connectivity index (χ1n) is 5.40. The van der Waals surface area contributed by atoms with Crippen LogP contribution in [0.2, 0.25) is 0 Å². The van der Waals surface area contributed by atoms with E-state index in [1.165, 1.54) is 11.3 Å². The van der Waals surface area contributed by atoms with Crippen LogP contribution in [0.3, 0.4) is 0 Å². The van der Waals surface area contributed by atoms with Crippen LogP contribution in [0.1, 0.15) is 16.1 Å². The van der Waals surface area contributed by atoms with Crippen molar-refractivity contribution in [2.75, 3.05) is 5.32 Å². The number of hydrogen-bond acceptors (Lipinski definition) is 4. The van der Waals surface area contributed by atoms with E-state index >= 15 is 0 Å². The minimum absolute atomic E-state index is 0.0392. The molecule has 7 heteroatoms. The molecule has 3 nitrogen and oxygen atoms in total. The Kier molecular flexibility index (Phi) is 4.06. The van der Waals surface area contributed by atoms with Gasteiger partial charge in [0.25, 0.3) is 0 Å². The fourth-order valence-corrected chi connectivity index (χ4v) is 2.38. The Bertz CT molecular complexity index is 602. The molecule has 0 aliphatic rings. The van der Waals surface area contributed by atoms with Gasteiger partial charge in [-0.1, -0.05) is 12.2 Å². The summed E-state index contributed by atoms with van der Waals surface area (Å²) < 4.78 is 27.5. The van der Waals surface area contributed by atoms with E-state index in [0.717, 1.165) is 22.7 Å². The number of thiocarbonyl (C=S) groups is 1. The Morgan fingerprint density at radius 1 is 1.42 bits per heavy atom. The van der Waals surface area contributed by atoms with Crippen LogP contribution in [0.4, 0.5) is 14.5 Å². The number of nitrogens with zero attached hydrogens (tertiary/aromatic N) is 1. The van der Waals surface area contributed by atoms with Crippen LogP contribution in [0.25, 0.3) is 0 Å². The highest BCUT2D eigenvalue weighted by Crippen LogP contribution is 2.22. The number of nitrogens with two attached hydrogens (primary N) is 1. The summed E-state index contributed by atoms with van der Waals surface area (Å²) >= 11 is 6.12. The molecular weight excluding hydrogens is 288 g/mol. The lowest BCUT2D eigenvalue weighted by atomic mass is 10.2. The summed E-state index contributed by atoms with van der Waals surface area (Å²) in [6.45, 7) is 2.16. The van der Waals surface area contributed by atoms with E-state index in [9.17, 15) is 8.78 Å². The Morgan fingerprint density at radius 3 is 2.53 bits per heavy atom. The van der Waals surface area contributed by atoms with Crippen molar-refractivity contribution >= 4 is 34.2 Å². The third kappa shape index (κ3) is 3.05. The van der Waals surface area contributed by atoms with Gasteiger partial charge >= 0.3 is 0 Å². The number of thiazole rings is 1. The first-order valence-corrected chi connectivity index (χ1v) is 6.69. The van der Waals surface area contributed by atoms with Gasteiger partial charge in [0.1, 0.15) is 22.3 Å². The molecule has 0 radical (unpaired) electrons. The van der Waals surface area contributed by atoms with E-state index < -0.39 is 11.6 Å². The number of halogens is 2. The van der Waals surface area contributed by atoms with Crippen LogP contribution in [-0.4, -0.2) is 9.97 Å². The monoisotopic (exact) mass is 299 g/mol. The normalized spacial score (nSPS) is 10.5. The van der Waals surface area contributed by atoms with Gasteiger partial charge in [0.2, 0.25) is 0 Å². The van der Waals surface area contributed by atoms with Crippen molar-refractivity contribution < 1.29 is 8.78 Å². The van der Waals surface area contributed by atoms with Crippen molar-refractivity contribution in [3.05, 3.63) is 45.4 Å². The molecule has 0 unspecified atom stereocenters.